The van der Waals surface area contributed by atoms with Crippen LogP contribution in [0.5, 0.6) is 0 Å². The molecule has 0 saturated heterocycles. The van der Waals surface area contributed by atoms with Gasteiger partial charge in [-0.3, -0.25) is 0 Å². The molecule has 1 N–H and O–H groups in total. The summed E-state index contributed by atoms with van der Waals surface area (Å²) < 4.78 is 0. The molecule has 1 aliphatic heterocycles. The molecule has 1 nitrogen and oxygen atoms in total. The molecule has 1 aliphatic carbocycles. The zero-order valence-corrected chi connectivity index (χ0v) is 10.2. The highest BCUT2D eigenvalue weighted by Crippen LogP contribution is 2.44. The molecular weight excluding hydrogens is 202 g/mol. The van der Waals surface area contributed by atoms with Crippen LogP contribution in [-0.4, -0.2) is 6.04 Å². The highest BCUT2D eigenvalue weighted by Gasteiger charge is 2.40. The third-order valence-electron chi connectivity index (χ3n) is 3.94. The van der Waals surface area contributed by atoms with Crippen molar-refractivity contribution >= 4 is 11.3 Å². The van der Waals surface area contributed by atoms with Crippen LogP contribution in [0.15, 0.2) is 11.4 Å². The summed E-state index contributed by atoms with van der Waals surface area (Å²) in [6.45, 7) is 2.33. The van der Waals surface area contributed by atoms with Gasteiger partial charge < -0.3 is 5.32 Å². The molecule has 2 heteroatoms. The van der Waals surface area contributed by atoms with Crippen molar-refractivity contribution in [2.45, 2.75) is 57.0 Å². The lowest BCUT2D eigenvalue weighted by atomic mass is 9.76. The van der Waals surface area contributed by atoms with Crippen molar-refractivity contribution in [1.82, 2.24) is 5.32 Å². The normalized spacial score (nSPS) is 29.0. The molecule has 82 valence electrons. The van der Waals surface area contributed by atoms with E-state index in [4.69, 9.17) is 0 Å². The second-order valence-corrected chi connectivity index (χ2v) is 6.08. The van der Waals surface area contributed by atoms with Gasteiger partial charge in [0.2, 0.25) is 0 Å². The fraction of sp³-hybridized carbons (Fsp3) is 0.692. The number of hydrogen-bond donors (Lipinski definition) is 1. The Morgan fingerprint density at radius 3 is 2.93 bits per heavy atom. The molecule has 3 rings (SSSR count). The molecule has 1 atom stereocenters. The number of thiophene rings is 1. The Hall–Kier alpha value is -0.340. The lowest BCUT2D eigenvalue weighted by Crippen LogP contribution is -2.51. The van der Waals surface area contributed by atoms with E-state index in [9.17, 15) is 0 Å². The number of rotatable bonds is 0. The molecule has 15 heavy (non-hydrogen) atoms. The van der Waals surface area contributed by atoms with Gasteiger partial charge in [-0.2, -0.15) is 0 Å². The van der Waals surface area contributed by atoms with Crippen LogP contribution in [0.2, 0.25) is 0 Å². The molecule has 1 saturated carbocycles. The van der Waals surface area contributed by atoms with E-state index in [0.29, 0.717) is 11.6 Å². The largest absolute Gasteiger partial charge is 0.304 e. The summed E-state index contributed by atoms with van der Waals surface area (Å²) in [5, 5.41) is 6.16. The lowest BCUT2D eigenvalue weighted by molar-refractivity contribution is 0.202. The Balaban J connectivity index is 2.02. The molecule has 1 fully saturated rings. The van der Waals surface area contributed by atoms with Gasteiger partial charge in [-0.25, -0.2) is 0 Å². The number of fused-ring (bicyclic) bond motifs is 2. The molecule has 1 aromatic rings. The molecule has 2 heterocycles. The average Bonchev–Trinajstić information content (AvgIpc) is 2.67. The molecule has 0 radical (unpaired) electrons. The van der Waals surface area contributed by atoms with Gasteiger partial charge in [0, 0.05) is 10.9 Å². The molecular formula is C13H19NS. The SMILES string of the molecule is CC1Cc2ccsc2C2(CCCCC2)N1. The molecule has 0 aromatic carbocycles. The Morgan fingerprint density at radius 2 is 2.13 bits per heavy atom. The van der Waals surface area contributed by atoms with Gasteiger partial charge in [0.15, 0.2) is 0 Å². The predicted molar refractivity (Wildman–Crippen MR) is 65.4 cm³/mol. The minimum absolute atomic E-state index is 0.361. The van der Waals surface area contributed by atoms with Crippen molar-refractivity contribution in [3.8, 4) is 0 Å². The minimum Gasteiger partial charge on any atom is -0.304 e. The summed E-state index contributed by atoms with van der Waals surface area (Å²) in [6, 6.07) is 3.00. The van der Waals surface area contributed by atoms with Gasteiger partial charge >= 0.3 is 0 Å². The second-order valence-electron chi connectivity index (χ2n) is 5.17. The summed E-state index contributed by atoms with van der Waals surface area (Å²) in [4.78, 5) is 1.65. The fourth-order valence-corrected chi connectivity index (χ4v) is 4.52. The van der Waals surface area contributed by atoms with Crippen molar-refractivity contribution < 1.29 is 0 Å². The van der Waals surface area contributed by atoms with Crippen LogP contribution < -0.4 is 5.32 Å². The first kappa shape index (κ1) is 9.86. The van der Waals surface area contributed by atoms with E-state index >= 15 is 0 Å². The molecule has 0 bridgehead atoms. The van der Waals surface area contributed by atoms with Gasteiger partial charge in [-0.05, 0) is 43.2 Å². The van der Waals surface area contributed by atoms with Crippen LogP contribution in [0.1, 0.15) is 49.5 Å². The predicted octanol–water partition coefficient (Wildman–Crippen LogP) is 3.44. The van der Waals surface area contributed by atoms with Crippen LogP contribution >= 0.6 is 11.3 Å². The van der Waals surface area contributed by atoms with Gasteiger partial charge in [0.1, 0.15) is 0 Å². The zero-order valence-electron chi connectivity index (χ0n) is 9.38. The smallest absolute Gasteiger partial charge is 0.0533 e. The van der Waals surface area contributed by atoms with E-state index in [0.717, 1.165) is 0 Å². The standard InChI is InChI=1S/C13H19NS/c1-10-9-11-5-8-15-12(11)13(14-10)6-3-2-4-7-13/h5,8,10,14H,2-4,6-7,9H2,1H3. The molecule has 2 aliphatic rings. The van der Waals surface area contributed by atoms with Crippen molar-refractivity contribution in [2.24, 2.45) is 0 Å². The quantitative estimate of drug-likeness (QED) is 0.707. The topological polar surface area (TPSA) is 12.0 Å². The Kier molecular flexibility index (Phi) is 2.37. The van der Waals surface area contributed by atoms with Crippen LogP contribution in [0.25, 0.3) is 0 Å². The highest BCUT2D eigenvalue weighted by atomic mass is 32.1. The van der Waals surface area contributed by atoms with Gasteiger partial charge in [-0.1, -0.05) is 19.3 Å². The summed E-state index contributed by atoms with van der Waals surface area (Å²) >= 11 is 1.97. The van der Waals surface area contributed by atoms with Crippen molar-refractivity contribution in [2.75, 3.05) is 0 Å². The summed E-state index contributed by atoms with van der Waals surface area (Å²) in [7, 11) is 0. The van der Waals surface area contributed by atoms with Crippen LogP contribution in [-0.2, 0) is 12.0 Å². The van der Waals surface area contributed by atoms with Gasteiger partial charge in [0.25, 0.3) is 0 Å². The maximum Gasteiger partial charge on any atom is 0.0533 e. The molecule has 1 spiro atoms. The first-order chi connectivity index (χ1) is 7.30. The average molecular weight is 221 g/mol. The minimum atomic E-state index is 0.361. The maximum absolute atomic E-state index is 3.88. The van der Waals surface area contributed by atoms with E-state index in [-0.39, 0.29) is 0 Å². The third-order valence-corrected chi connectivity index (χ3v) is 5.10. The van der Waals surface area contributed by atoms with E-state index in [1.54, 1.807) is 10.4 Å². The van der Waals surface area contributed by atoms with Crippen molar-refractivity contribution in [3.63, 3.8) is 0 Å². The Bertz CT molecular complexity index is 349. The lowest BCUT2D eigenvalue weighted by Gasteiger charge is -2.44. The molecule has 1 aromatic heterocycles. The number of nitrogens with one attached hydrogen (secondary N) is 1. The van der Waals surface area contributed by atoms with Crippen molar-refractivity contribution in [3.05, 3.63) is 21.9 Å². The second kappa shape index (κ2) is 3.60. The van der Waals surface area contributed by atoms with Crippen LogP contribution in [0, 0.1) is 0 Å². The maximum atomic E-state index is 3.88. The third kappa shape index (κ3) is 1.55. The number of hydrogen-bond acceptors (Lipinski definition) is 2. The van der Waals surface area contributed by atoms with E-state index < -0.39 is 0 Å². The monoisotopic (exact) mass is 221 g/mol. The Morgan fingerprint density at radius 1 is 1.33 bits per heavy atom. The zero-order chi connectivity index (χ0) is 10.3. The Labute approximate surface area is 95.9 Å². The summed E-state index contributed by atoms with van der Waals surface area (Å²) in [5.41, 5.74) is 1.98. The van der Waals surface area contributed by atoms with E-state index in [1.807, 2.05) is 11.3 Å². The molecule has 1 unspecified atom stereocenters. The van der Waals surface area contributed by atoms with Gasteiger partial charge in [0.05, 0.1) is 5.54 Å². The summed E-state index contributed by atoms with van der Waals surface area (Å²) in [6.07, 6.45) is 8.16. The highest BCUT2D eigenvalue weighted by molar-refractivity contribution is 7.10. The molecule has 0 amide bonds. The van der Waals surface area contributed by atoms with E-state index in [1.165, 1.54) is 38.5 Å². The van der Waals surface area contributed by atoms with Gasteiger partial charge in [-0.15, -0.1) is 11.3 Å². The first-order valence-corrected chi connectivity index (χ1v) is 7.03. The summed E-state index contributed by atoms with van der Waals surface area (Å²) in [5.74, 6) is 0. The van der Waals surface area contributed by atoms with Crippen molar-refractivity contribution in [1.29, 1.82) is 0 Å². The fourth-order valence-electron chi connectivity index (χ4n) is 3.36. The van der Waals surface area contributed by atoms with Crippen LogP contribution in [0.3, 0.4) is 0 Å². The van der Waals surface area contributed by atoms with E-state index in [2.05, 4.69) is 23.7 Å². The first-order valence-electron chi connectivity index (χ1n) is 6.15. The van der Waals surface area contributed by atoms with Crippen LogP contribution in [0.4, 0.5) is 0 Å².